The molecule has 1 N–H and O–H groups in total. The van der Waals surface area contributed by atoms with E-state index in [1.54, 1.807) is 0 Å². The average molecular weight is 302 g/mol. The quantitative estimate of drug-likeness (QED) is 0.578. The number of nitrogens with one attached hydrogen (secondary N) is 1. The van der Waals surface area contributed by atoms with Crippen molar-refractivity contribution in [3.63, 3.8) is 0 Å². The Bertz CT molecular complexity index is 973. The molecule has 4 aromatic rings. The molecule has 0 unspecified atom stereocenters. The predicted molar refractivity (Wildman–Crippen MR) is 79.6 cm³/mol. The maximum atomic E-state index is 5.13. The van der Waals surface area contributed by atoms with E-state index < -0.39 is 0 Å². The molecule has 0 bridgehead atoms. The van der Waals surface area contributed by atoms with E-state index in [1.165, 1.54) is 11.3 Å². The number of aryl methyl sites for hydroxylation is 1. The Morgan fingerprint density at radius 3 is 3.05 bits per heavy atom. The number of nitrogens with zero attached hydrogens (tertiary/aromatic N) is 5. The van der Waals surface area contributed by atoms with Gasteiger partial charge in [0.05, 0.1) is 17.6 Å². The lowest BCUT2D eigenvalue weighted by Gasteiger charge is -2.04. The standard InChI is InChI=1S/C12H10N6S2/c1-7-13-8-4-2-3-5-9(8)17(7)6-10-14-15-11-18(10)16-12(19)20-11/h2-5H,6H2,1H3,(H,16,19). The molecule has 100 valence electrons. The number of hydrogen-bond donors (Lipinski definition) is 1. The van der Waals surface area contributed by atoms with Gasteiger partial charge < -0.3 is 4.57 Å². The lowest BCUT2D eigenvalue weighted by molar-refractivity contribution is 0.705. The van der Waals surface area contributed by atoms with E-state index in [0.717, 1.165) is 27.6 Å². The maximum Gasteiger partial charge on any atom is 0.233 e. The first kappa shape index (κ1) is 11.7. The molecule has 0 aliphatic rings. The molecule has 6 nitrogen and oxygen atoms in total. The van der Waals surface area contributed by atoms with E-state index in [9.17, 15) is 0 Å². The molecule has 3 heterocycles. The van der Waals surface area contributed by atoms with Crippen molar-refractivity contribution < 1.29 is 0 Å². The van der Waals surface area contributed by atoms with Gasteiger partial charge in [0.1, 0.15) is 5.82 Å². The van der Waals surface area contributed by atoms with Crippen molar-refractivity contribution in [2.75, 3.05) is 0 Å². The normalized spacial score (nSPS) is 11.7. The third-order valence-corrected chi connectivity index (χ3v) is 4.30. The summed E-state index contributed by atoms with van der Waals surface area (Å²) >= 11 is 6.55. The molecule has 0 atom stereocenters. The van der Waals surface area contributed by atoms with Gasteiger partial charge in [-0.05, 0) is 31.3 Å². The van der Waals surface area contributed by atoms with Crippen molar-refractivity contribution in [2.24, 2.45) is 0 Å². The first-order chi connectivity index (χ1) is 9.72. The molecule has 0 aliphatic heterocycles. The van der Waals surface area contributed by atoms with E-state index in [-0.39, 0.29) is 0 Å². The zero-order valence-corrected chi connectivity index (χ0v) is 12.2. The number of fused-ring (bicyclic) bond motifs is 2. The van der Waals surface area contributed by atoms with Crippen LogP contribution in [0, 0.1) is 10.9 Å². The van der Waals surface area contributed by atoms with Crippen LogP contribution in [0.5, 0.6) is 0 Å². The van der Waals surface area contributed by atoms with Crippen LogP contribution < -0.4 is 0 Å². The third kappa shape index (κ3) is 1.69. The van der Waals surface area contributed by atoms with E-state index in [4.69, 9.17) is 12.2 Å². The second-order valence-electron chi connectivity index (χ2n) is 4.47. The number of benzene rings is 1. The fraction of sp³-hybridized carbons (Fsp3) is 0.167. The molecule has 20 heavy (non-hydrogen) atoms. The van der Waals surface area contributed by atoms with Crippen LogP contribution in [0.4, 0.5) is 0 Å². The number of hydrogen-bond acceptors (Lipinski definition) is 5. The van der Waals surface area contributed by atoms with Gasteiger partial charge in [-0.15, -0.1) is 10.2 Å². The highest BCUT2D eigenvalue weighted by atomic mass is 32.1. The molecule has 0 spiro atoms. The number of rotatable bonds is 2. The summed E-state index contributed by atoms with van der Waals surface area (Å²) in [7, 11) is 0. The van der Waals surface area contributed by atoms with Gasteiger partial charge in [-0.3, -0.25) is 5.10 Å². The average Bonchev–Trinajstić information content (AvgIpc) is 3.05. The number of imidazole rings is 1. The van der Waals surface area contributed by atoms with E-state index >= 15 is 0 Å². The lowest BCUT2D eigenvalue weighted by atomic mass is 10.3. The molecule has 0 aliphatic carbocycles. The Morgan fingerprint density at radius 1 is 1.30 bits per heavy atom. The molecule has 8 heteroatoms. The van der Waals surface area contributed by atoms with Crippen molar-refractivity contribution in [3.8, 4) is 0 Å². The van der Waals surface area contributed by atoms with Gasteiger partial charge in [-0.25, -0.2) is 9.50 Å². The summed E-state index contributed by atoms with van der Waals surface area (Å²) in [6, 6.07) is 8.07. The van der Waals surface area contributed by atoms with Gasteiger partial charge >= 0.3 is 0 Å². The van der Waals surface area contributed by atoms with Crippen LogP contribution in [0.25, 0.3) is 16.0 Å². The maximum absolute atomic E-state index is 5.13. The Balaban J connectivity index is 1.88. The van der Waals surface area contributed by atoms with Crippen LogP contribution in [-0.2, 0) is 6.54 Å². The van der Waals surface area contributed by atoms with Crippen LogP contribution in [0.1, 0.15) is 11.6 Å². The minimum atomic E-state index is 0.607. The van der Waals surface area contributed by atoms with Gasteiger partial charge in [-0.1, -0.05) is 23.5 Å². The number of aromatic nitrogens is 6. The molecule has 4 rings (SSSR count). The number of aromatic amines is 1. The molecule has 1 aromatic carbocycles. The van der Waals surface area contributed by atoms with Crippen molar-refractivity contribution in [1.82, 2.24) is 29.4 Å². The van der Waals surface area contributed by atoms with Gasteiger partial charge in [0.2, 0.25) is 4.96 Å². The SMILES string of the molecule is Cc1nc2ccccc2n1Cc1nnc2sc(=S)[nH]n12. The second-order valence-corrected chi connectivity index (χ2v) is 6.11. The van der Waals surface area contributed by atoms with Gasteiger partial charge in [0.25, 0.3) is 0 Å². The largest absolute Gasteiger partial charge is 0.320 e. The van der Waals surface area contributed by atoms with Crippen molar-refractivity contribution in [2.45, 2.75) is 13.5 Å². The topological polar surface area (TPSA) is 63.8 Å². The van der Waals surface area contributed by atoms with Crippen LogP contribution in [-0.4, -0.2) is 29.4 Å². The fourth-order valence-electron chi connectivity index (χ4n) is 2.32. The summed E-state index contributed by atoms with van der Waals surface area (Å²) in [5.41, 5.74) is 2.08. The van der Waals surface area contributed by atoms with E-state index in [0.29, 0.717) is 10.5 Å². The smallest absolute Gasteiger partial charge is 0.233 e. The molecular formula is C12H10N6S2. The summed E-state index contributed by atoms with van der Waals surface area (Å²) in [6.45, 7) is 2.60. The number of H-pyrrole nitrogens is 1. The monoisotopic (exact) mass is 302 g/mol. The summed E-state index contributed by atoms with van der Waals surface area (Å²) in [6.07, 6.45) is 0. The zero-order chi connectivity index (χ0) is 13.7. The second kappa shape index (κ2) is 4.22. The van der Waals surface area contributed by atoms with E-state index in [1.807, 2.05) is 29.6 Å². The zero-order valence-electron chi connectivity index (χ0n) is 10.6. The summed E-state index contributed by atoms with van der Waals surface area (Å²) in [4.78, 5) is 5.34. The molecule has 3 aromatic heterocycles. The highest BCUT2D eigenvalue weighted by Gasteiger charge is 2.12. The minimum absolute atomic E-state index is 0.607. The van der Waals surface area contributed by atoms with Crippen LogP contribution in [0.3, 0.4) is 0 Å². The Hall–Kier alpha value is -2.06. The van der Waals surface area contributed by atoms with Gasteiger partial charge in [0.15, 0.2) is 9.78 Å². The highest BCUT2D eigenvalue weighted by molar-refractivity contribution is 7.73. The lowest BCUT2D eigenvalue weighted by Crippen LogP contribution is -2.06. The fourth-order valence-corrected chi connectivity index (χ4v) is 3.26. The van der Waals surface area contributed by atoms with Gasteiger partial charge in [0, 0.05) is 0 Å². The van der Waals surface area contributed by atoms with Crippen LogP contribution in [0.2, 0.25) is 0 Å². The van der Waals surface area contributed by atoms with Gasteiger partial charge in [-0.2, -0.15) is 0 Å². The van der Waals surface area contributed by atoms with Crippen LogP contribution in [0.15, 0.2) is 24.3 Å². The van der Waals surface area contributed by atoms with Crippen molar-refractivity contribution >= 4 is 39.5 Å². The molecule has 0 amide bonds. The molecule has 0 radical (unpaired) electrons. The number of para-hydroxylation sites is 2. The Kier molecular flexibility index (Phi) is 2.48. The van der Waals surface area contributed by atoms with Crippen molar-refractivity contribution in [1.29, 1.82) is 0 Å². The first-order valence-corrected chi connectivity index (χ1v) is 7.30. The Morgan fingerprint density at radius 2 is 2.15 bits per heavy atom. The molecular weight excluding hydrogens is 292 g/mol. The summed E-state index contributed by atoms with van der Waals surface area (Å²) in [5.74, 6) is 1.77. The molecule has 0 fully saturated rings. The predicted octanol–water partition coefficient (Wildman–Crippen LogP) is 2.55. The first-order valence-electron chi connectivity index (χ1n) is 6.07. The summed E-state index contributed by atoms with van der Waals surface area (Å²) in [5, 5.41) is 11.4. The highest BCUT2D eigenvalue weighted by Crippen LogP contribution is 2.17. The van der Waals surface area contributed by atoms with Crippen LogP contribution >= 0.6 is 23.6 Å². The third-order valence-electron chi connectivity index (χ3n) is 3.23. The molecule has 0 saturated heterocycles. The minimum Gasteiger partial charge on any atom is -0.320 e. The van der Waals surface area contributed by atoms with E-state index in [2.05, 4.69) is 30.9 Å². The summed E-state index contributed by atoms with van der Waals surface area (Å²) < 4.78 is 4.66. The Labute approximate surface area is 122 Å². The van der Waals surface area contributed by atoms with Crippen molar-refractivity contribution in [3.05, 3.63) is 39.9 Å². The molecule has 0 saturated carbocycles.